The van der Waals surface area contributed by atoms with Crippen molar-refractivity contribution in [1.29, 1.82) is 0 Å². The van der Waals surface area contributed by atoms with Gasteiger partial charge in [0.15, 0.2) is 5.88 Å². The van der Waals surface area contributed by atoms with Crippen LogP contribution in [0.5, 0.6) is 0 Å². The smallest absolute Gasteiger partial charge is 0.332 e. The van der Waals surface area contributed by atoms with E-state index < -0.39 is 5.97 Å². The average molecular weight is 292 g/mol. The highest BCUT2D eigenvalue weighted by molar-refractivity contribution is 6.31. The van der Waals surface area contributed by atoms with Crippen molar-refractivity contribution in [1.82, 2.24) is 5.32 Å². The third kappa shape index (κ3) is 7.74. The van der Waals surface area contributed by atoms with Crippen molar-refractivity contribution in [2.75, 3.05) is 13.2 Å². The fourth-order valence-corrected chi connectivity index (χ4v) is 1.54. The number of rotatable bonds is 10. The van der Waals surface area contributed by atoms with Crippen molar-refractivity contribution >= 4 is 17.6 Å². The molecule has 0 aliphatic rings. The van der Waals surface area contributed by atoms with Gasteiger partial charge < -0.3 is 20.3 Å². The lowest BCUT2D eigenvalue weighted by atomic mass is 10.1. The van der Waals surface area contributed by atoms with Crippen LogP contribution in [0.3, 0.4) is 0 Å². The van der Waals surface area contributed by atoms with Crippen LogP contribution < -0.4 is 5.32 Å². The lowest BCUT2D eigenvalue weighted by Gasteiger charge is -2.20. The van der Waals surface area contributed by atoms with Gasteiger partial charge in [-0.15, -0.1) is 0 Å². The number of nitrogens with one attached hydrogen (secondary N) is 1. The summed E-state index contributed by atoms with van der Waals surface area (Å²) in [7, 11) is 0. The quantitative estimate of drug-likeness (QED) is 0.425. The summed E-state index contributed by atoms with van der Waals surface area (Å²) in [6.45, 7) is 7.35. The minimum absolute atomic E-state index is 0.0523. The molecule has 0 heterocycles. The summed E-state index contributed by atoms with van der Waals surface area (Å²) in [4.78, 5) is 10.7. The Morgan fingerprint density at radius 1 is 1.47 bits per heavy atom. The van der Waals surface area contributed by atoms with Gasteiger partial charge in [0.2, 0.25) is 0 Å². The van der Waals surface area contributed by atoms with Crippen molar-refractivity contribution in [3.8, 4) is 0 Å². The van der Waals surface area contributed by atoms with E-state index in [4.69, 9.17) is 26.6 Å². The van der Waals surface area contributed by atoms with Gasteiger partial charge in [-0.25, -0.2) is 4.79 Å². The molecule has 0 bridgehead atoms. The summed E-state index contributed by atoms with van der Waals surface area (Å²) in [6.07, 6.45) is 2.19. The standard InChI is InChI=1S/C13H22ClNO4/c1-4-5-11(6-7-16)19-10(3)15-8-12(14)9(2)13(17)18/h11,15-16H,3-8H2,1-2H3,(H,17,18)/b12-9-. The molecule has 1 unspecified atom stereocenters. The van der Waals surface area contributed by atoms with E-state index in [9.17, 15) is 4.79 Å². The third-order valence-corrected chi connectivity index (χ3v) is 2.96. The van der Waals surface area contributed by atoms with Crippen molar-refractivity contribution in [3.63, 3.8) is 0 Å². The molecule has 3 N–H and O–H groups in total. The summed E-state index contributed by atoms with van der Waals surface area (Å²) >= 11 is 5.83. The maximum atomic E-state index is 10.7. The minimum Gasteiger partial charge on any atom is -0.478 e. The Labute approximate surface area is 118 Å². The van der Waals surface area contributed by atoms with Crippen molar-refractivity contribution in [2.24, 2.45) is 0 Å². The molecule has 0 spiro atoms. The van der Waals surface area contributed by atoms with Crippen molar-refractivity contribution in [2.45, 2.75) is 39.2 Å². The molecule has 0 saturated heterocycles. The predicted octanol–water partition coefficient (Wildman–Crippen LogP) is 2.21. The Morgan fingerprint density at radius 3 is 2.58 bits per heavy atom. The number of aliphatic hydroxyl groups excluding tert-OH is 1. The summed E-state index contributed by atoms with van der Waals surface area (Å²) < 4.78 is 5.53. The molecular formula is C13H22ClNO4. The molecule has 110 valence electrons. The number of hydrogen-bond acceptors (Lipinski definition) is 4. The molecule has 0 fully saturated rings. The Balaban J connectivity index is 4.24. The summed E-state index contributed by atoms with van der Waals surface area (Å²) in [5.41, 5.74) is 0.0856. The summed E-state index contributed by atoms with van der Waals surface area (Å²) in [6, 6.07) is 0. The van der Waals surface area contributed by atoms with Gasteiger partial charge in [0.1, 0.15) is 6.10 Å². The first-order valence-corrected chi connectivity index (χ1v) is 6.58. The van der Waals surface area contributed by atoms with Gasteiger partial charge in [0, 0.05) is 18.1 Å². The number of ether oxygens (including phenoxy) is 1. The first-order valence-electron chi connectivity index (χ1n) is 6.21. The highest BCUT2D eigenvalue weighted by Gasteiger charge is 2.11. The summed E-state index contributed by atoms with van der Waals surface area (Å²) in [5, 5.41) is 20.7. The van der Waals surface area contributed by atoms with Crippen molar-refractivity contribution in [3.05, 3.63) is 23.1 Å². The zero-order valence-corrected chi connectivity index (χ0v) is 12.2. The van der Waals surface area contributed by atoms with Gasteiger partial charge in [-0.05, 0) is 19.9 Å². The van der Waals surface area contributed by atoms with Crippen LogP contribution in [0.25, 0.3) is 0 Å². The number of halogens is 1. The number of carbonyl (C=O) groups is 1. The predicted molar refractivity (Wildman–Crippen MR) is 74.8 cm³/mol. The van der Waals surface area contributed by atoms with E-state index >= 15 is 0 Å². The highest BCUT2D eigenvalue weighted by Crippen LogP contribution is 2.12. The Kier molecular flexibility index (Phi) is 9.08. The lowest BCUT2D eigenvalue weighted by Crippen LogP contribution is -2.23. The first kappa shape index (κ1) is 17.8. The van der Waals surface area contributed by atoms with E-state index in [1.165, 1.54) is 6.92 Å². The van der Waals surface area contributed by atoms with Crippen LogP contribution >= 0.6 is 11.6 Å². The molecule has 19 heavy (non-hydrogen) atoms. The molecule has 0 aromatic carbocycles. The van der Waals surface area contributed by atoms with Crippen LogP contribution in [0.15, 0.2) is 23.1 Å². The van der Waals surface area contributed by atoms with Crippen LogP contribution in [-0.4, -0.2) is 35.4 Å². The second-order valence-electron chi connectivity index (χ2n) is 4.15. The average Bonchev–Trinajstić information content (AvgIpc) is 2.35. The van der Waals surface area contributed by atoms with E-state index in [0.717, 1.165) is 12.8 Å². The Hall–Kier alpha value is -1.20. The van der Waals surface area contributed by atoms with Gasteiger partial charge in [0.05, 0.1) is 12.1 Å². The second kappa shape index (κ2) is 9.69. The monoisotopic (exact) mass is 291 g/mol. The lowest BCUT2D eigenvalue weighted by molar-refractivity contribution is -0.132. The van der Waals surface area contributed by atoms with E-state index in [-0.39, 0.29) is 29.9 Å². The molecule has 5 nitrogen and oxygen atoms in total. The minimum atomic E-state index is -1.05. The third-order valence-electron chi connectivity index (χ3n) is 2.54. The van der Waals surface area contributed by atoms with Crippen LogP contribution in [0.1, 0.15) is 33.1 Å². The largest absolute Gasteiger partial charge is 0.478 e. The topological polar surface area (TPSA) is 78.8 Å². The number of hydrogen-bond donors (Lipinski definition) is 3. The van der Waals surface area contributed by atoms with Crippen LogP contribution in [0, 0.1) is 0 Å². The van der Waals surface area contributed by atoms with Gasteiger partial charge >= 0.3 is 5.97 Å². The van der Waals surface area contributed by atoms with E-state index in [1.54, 1.807) is 0 Å². The molecule has 0 aromatic heterocycles. The summed E-state index contributed by atoms with van der Waals surface area (Å²) in [5.74, 6) is -0.731. The maximum Gasteiger partial charge on any atom is 0.332 e. The molecule has 0 saturated carbocycles. The van der Waals surface area contributed by atoms with E-state index in [1.807, 2.05) is 6.92 Å². The molecule has 0 aliphatic carbocycles. The van der Waals surface area contributed by atoms with Gasteiger partial charge in [0.25, 0.3) is 0 Å². The van der Waals surface area contributed by atoms with Crippen molar-refractivity contribution < 1.29 is 19.7 Å². The van der Waals surface area contributed by atoms with Gasteiger partial charge in [-0.3, -0.25) is 0 Å². The van der Waals surface area contributed by atoms with Crippen LogP contribution in [0.2, 0.25) is 0 Å². The van der Waals surface area contributed by atoms with Gasteiger partial charge in [-0.2, -0.15) is 0 Å². The van der Waals surface area contributed by atoms with E-state index in [2.05, 4.69) is 11.9 Å². The number of aliphatic hydroxyl groups is 1. The molecule has 0 radical (unpaired) electrons. The molecule has 1 atom stereocenters. The number of aliphatic carboxylic acids is 1. The van der Waals surface area contributed by atoms with Gasteiger partial charge in [-0.1, -0.05) is 24.9 Å². The normalized spacial score (nSPS) is 13.5. The first-order chi connectivity index (χ1) is 8.92. The highest BCUT2D eigenvalue weighted by atomic mass is 35.5. The molecular weight excluding hydrogens is 270 g/mol. The molecule has 0 aromatic rings. The zero-order chi connectivity index (χ0) is 14.8. The molecule has 0 amide bonds. The van der Waals surface area contributed by atoms with Crippen LogP contribution in [0.4, 0.5) is 0 Å². The second-order valence-corrected chi connectivity index (χ2v) is 4.61. The molecule has 6 heteroatoms. The Morgan fingerprint density at radius 2 is 2.11 bits per heavy atom. The maximum absolute atomic E-state index is 10.7. The number of carboxylic acid groups (broad SMARTS) is 1. The fourth-order valence-electron chi connectivity index (χ4n) is 1.40. The van der Waals surface area contributed by atoms with E-state index in [0.29, 0.717) is 12.3 Å². The van der Waals surface area contributed by atoms with Crippen LogP contribution in [-0.2, 0) is 9.53 Å². The number of carboxylic acids is 1. The fraction of sp³-hybridized carbons (Fsp3) is 0.615. The molecule has 0 rings (SSSR count). The SMILES string of the molecule is C=C(NC/C(Cl)=C(\C)C(=O)O)OC(CCC)CCO. The molecule has 0 aliphatic heterocycles. The Bertz CT molecular complexity index is 336. The zero-order valence-electron chi connectivity index (χ0n) is 11.4.